The molecule has 0 radical (unpaired) electrons. The molecule has 4 nitrogen and oxygen atoms in total. The smallest absolute Gasteiger partial charge is 0.220 e. The number of hydrogen-bond acceptors (Lipinski definition) is 4. The van der Waals surface area contributed by atoms with Crippen LogP contribution in [0.15, 0.2) is 53.4 Å². The highest BCUT2D eigenvalue weighted by Crippen LogP contribution is 2.21. The molecule has 0 bridgehead atoms. The van der Waals surface area contributed by atoms with Crippen LogP contribution in [0.3, 0.4) is 0 Å². The highest BCUT2D eigenvalue weighted by atomic mass is 32.2. The number of ether oxygens (including phenoxy) is 2. The first-order valence-corrected chi connectivity index (χ1v) is 8.89. The van der Waals surface area contributed by atoms with Gasteiger partial charge in [-0.05, 0) is 43.3 Å². The van der Waals surface area contributed by atoms with Gasteiger partial charge in [-0.2, -0.15) is 0 Å². The number of amides is 1. The second kappa shape index (κ2) is 9.88. The summed E-state index contributed by atoms with van der Waals surface area (Å²) in [6, 6.07) is 15.7. The number of carbonyl (C=O) groups excluding carboxylic acids is 1. The van der Waals surface area contributed by atoms with Gasteiger partial charge in [0, 0.05) is 17.1 Å². The number of benzene rings is 2. The molecule has 0 unspecified atom stereocenters. The Morgan fingerprint density at radius 1 is 1.04 bits per heavy atom. The van der Waals surface area contributed by atoms with Crippen molar-refractivity contribution in [2.24, 2.45) is 0 Å². The third-order valence-corrected chi connectivity index (χ3v) is 4.38. The van der Waals surface area contributed by atoms with E-state index in [0.29, 0.717) is 19.6 Å². The molecule has 0 aliphatic heterocycles. The molecule has 2 aromatic carbocycles. The van der Waals surface area contributed by atoms with Crippen molar-refractivity contribution in [1.82, 2.24) is 5.32 Å². The SMILES string of the molecule is COc1ccc(SCCC(=O)NCCOc2ccc(C)cc2)cc1. The van der Waals surface area contributed by atoms with Crippen LogP contribution in [-0.2, 0) is 4.79 Å². The quantitative estimate of drug-likeness (QED) is 0.556. The molecular weight excluding hydrogens is 322 g/mol. The van der Waals surface area contributed by atoms with E-state index < -0.39 is 0 Å². The van der Waals surface area contributed by atoms with Gasteiger partial charge in [0.05, 0.1) is 13.7 Å². The summed E-state index contributed by atoms with van der Waals surface area (Å²) in [6.45, 7) is 3.02. The maximum Gasteiger partial charge on any atom is 0.220 e. The van der Waals surface area contributed by atoms with Gasteiger partial charge in [0.1, 0.15) is 18.1 Å². The summed E-state index contributed by atoms with van der Waals surface area (Å²) in [4.78, 5) is 12.9. The van der Waals surface area contributed by atoms with Gasteiger partial charge in [-0.1, -0.05) is 17.7 Å². The lowest BCUT2D eigenvalue weighted by molar-refractivity contribution is -0.120. The molecule has 0 saturated carbocycles. The Bertz CT molecular complexity index is 626. The third-order valence-electron chi connectivity index (χ3n) is 3.37. The zero-order valence-electron chi connectivity index (χ0n) is 14.1. The van der Waals surface area contributed by atoms with Gasteiger partial charge in [-0.25, -0.2) is 0 Å². The van der Waals surface area contributed by atoms with E-state index in [1.54, 1.807) is 18.9 Å². The predicted octanol–water partition coefficient (Wildman–Crippen LogP) is 3.68. The van der Waals surface area contributed by atoms with Crippen molar-refractivity contribution in [3.63, 3.8) is 0 Å². The van der Waals surface area contributed by atoms with Crippen molar-refractivity contribution in [1.29, 1.82) is 0 Å². The Morgan fingerprint density at radius 3 is 2.38 bits per heavy atom. The summed E-state index contributed by atoms with van der Waals surface area (Å²) < 4.78 is 10.7. The molecule has 0 aliphatic rings. The van der Waals surface area contributed by atoms with Crippen LogP contribution in [0.1, 0.15) is 12.0 Å². The van der Waals surface area contributed by atoms with Crippen molar-refractivity contribution in [3.05, 3.63) is 54.1 Å². The Balaban J connectivity index is 1.56. The Kier molecular flexibility index (Phi) is 7.49. The summed E-state index contributed by atoms with van der Waals surface area (Å²) in [5.41, 5.74) is 1.20. The average Bonchev–Trinajstić information content (AvgIpc) is 2.61. The lowest BCUT2D eigenvalue weighted by atomic mass is 10.2. The van der Waals surface area contributed by atoms with Crippen LogP contribution in [0.5, 0.6) is 11.5 Å². The summed E-state index contributed by atoms with van der Waals surface area (Å²) >= 11 is 1.66. The van der Waals surface area contributed by atoms with Gasteiger partial charge in [-0.15, -0.1) is 11.8 Å². The van der Waals surface area contributed by atoms with E-state index in [0.717, 1.165) is 22.1 Å². The van der Waals surface area contributed by atoms with Gasteiger partial charge in [0.2, 0.25) is 5.91 Å². The van der Waals surface area contributed by atoms with Crippen molar-refractivity contribution >= 4 is 17.7 Å². The average molecular weight is 345 g/mol. The fourth-order valence-corrected chi connectivity index (χ4v) is 2.87. The number of nitrogens with one attached hydrogen (secondary N) is 1. The van der Waals surface area contributed by atoms with Crippen LogP contribution >= 0.6 is 11.8 Å². The van der Waals surface area contributed by atoms with Gasteiger partial charge in [0.15, 0.2) is 0 Å². The number of aryl methyl sites for hydroxylation is 1. The van der Waals surface area contributed by atoms with Gasteiger partial charge >= 0.3 is 0 Å². The third kappa shape index (κ3) is 6.54. The standard InChI is InChI=1S/C19H23NO3S/c1-15-3-5-17(6-4-15)23-13-12-20-19(21)11-14-24-18-9-7-16(22-2)8-10-18/h3-10H,11-14H2,1-2H3,(H,20,21). The van der Waals surface area contributed by atoms with Gasteiger partial charge < -0.3 is 14.8 Å². The van der Waals surface area contributed by atoms with Crippen molar-refractivity contribution in [2.75, 3.05) is 26.0 Å². The molecule has 1 N–H and O–H groups in total. The van der Waals surface area contributed by atoms with Crippen LogP contribution in [0, 0.1) is 6.92 Å². The first-order chi connectivity index (χ1) is 11.7. The van der Waals surface area contributed by atoms with E-state index >= 15 is 0 Å². The molecule has 24 heavy (non-hydrogen) atoms. The Hall–Kier alpha value is -2.14. The van der Waals surface area contributed by atoms with Crippen LogP contribution in [0.25, 0.3) is 0 Å². The number of rotatable bonds is 9. The minimum absolute atomic E-state index is 0.0449. The van der Waals surface area contributed by atoms with Crippen LogP contribution in [0.4, 0.5) is 0 Å². The summed E-state index contributed by atoms with van der Waals surface area (Å²) in [5.74, 6) is 2.45. The van der Waals surface area contributed by atoms with E-state index in [2.05, 4.69) is 5.32 Å². The number of carbonyl (C=O) groups is 1. The topological polar surface area (TPSA) is 47.6 Å². The molecule has 0 spiro atoms. The largest absolute Gasteiger partial charge is 0.497 e. The zero-order chi connectivity index (χ0) is 17.2. The van der Waals surface area contributed by atoms with Gasteiger partial charge in [0.25, 0.3) is 0 Å². The molecule has 1 amide bonds. The first kappa shape index (κ1) is 18.2. The fraction of sp³-hybridized carbons (Fsp3) is 0.316. The Labute approximate surface area is 147 Å². The predicted molar refractivity (Wildman–Crippen MR) is 98.0 cm³/mol. The van der Waals surface area contributed by atoms with Gasteiger partial charge in [-0.3, -0.25) is 4.79 Å². The number of hydrogen-bond donors (Lipinski definition) is 1. The lowest BCUT2D eigenvalue weighted by Crippen LogP contribution is -2.28. The normalized spacial score (nSPS) is 10.2. The van der Waals surface area contributed by atoms with E-state index in [1.807, 2.05) is 55.5 Å². The van der Waals surface area contributed by atoms with E-state index in [9.17, 15) is 4.79 Å². The summed E-state index contributed by atoms with van der Waals surface area (Å²) in [7, 11) is 1.65. The number of thioether (sulfide) groups is 1. The van der Waals surface area contributed by atoms with Crippen molar-refractivity contribution < 1.29 is 14.3 Å². The lowest BCUT2D eigenvalue weighted by Gasteiger charge is -2.08. The number of methoxy groups -OCH3 is 1. The maximum atomic E-state index is 11.8. The monoisotopic (exact) mass is 345 g/mol. The second-order valence-corrected chi connectivity index (χ2v) is 6.45. The molecule has 2 aromatic rings. The molecule has 0 aliphatic carbocycles. The van der Waals surface area contributed by atoms with Crippen LogP contribution < -0.4 is 14.8 Å². The van der Waals surface area contributed by atoms with Crippen LogP contribution in [0.2, 0.25) is 0 Å². The van der Waals surface area contributed by atoms with Crippen molar-refractivity contribution in [3.8, 4) is 11.5 Å². The molecule has 2 rings (SSSR count). The van der Waals surface area contributed by atoms with E-state index in [-0.39, 0.29) is 5.91 Å². The molecule has 128 valence electrons. The highest BCUT2D eigenvalue weighted by Gasteiger charge is 2.02. The molecular formula is C19H23NO3S. The molecule has 0 fully saturated rings. The molecule has 5 heteroatoms. The second-order valence-electron chi connectivity index (χ2n) is 5.29. The first-order valence-electron chi connectivity index (χ1n) is 7.90. The zero-order valence-corrected chi connectivity index (χ0v) is 14.9. The molecule has 0 aromatic heterocycles. The minimum atomic E-state index is 0.0449. The fourth-order valence-electron chi connectivity index (χ4n) is 2.02. The minimum Gasteiger partial charge on any atom is -0.497 e. The molecule has 0 saturated heterocycles. The summed E-state index contributed by atoms with van der Waals surface area (Å²) in [5, 5.41) is 2.87. The summed E-state index contributed by atoms with van der Waals surface area (Å²) in [6.07, 6.45) is 0.487. The van der Waals surface area contributed by atoms with E-state index in [1.165, 1.54) is 5.56 Å². The van der Waals surface area contributed by atoms with Crippen molar-refractivity contribution in [2.45, 2.75) is 18.2 Å². The van der Waals surface area contributed by atoms with E-state index in [4.69, 9.17) is 9.47 Å². The molecule has 0 atom stereocenters. The maximum absolute atomic E-state index is 11.8. The highest BCUT2D eigenvalue weighted by molar-refractivity contribution is 7.99. The molecule has 0 heterocycles. The Morgan fingerprint density at radius 2 is 1.71 bits per heavy atom. The van der Waals surface area contributed by atoms with Crippen LogP contribution in [-0.4, -0.2) is 31.9 Å².